The van der Waals surface area contributed by atoms with Crippen LogP contribution >= 0.6 is 11.8 Å². The Labute approximate surface area is 228 Å². The van der Waals surface area contributed by atoms with Crippen molar-refractivity contribution in [3.8, 4) is 23.2 Å². The second-order valence-corrected chi connectivity index (χ2v) is 11.5. The van der Waals surface area contributed by atoms with Crippen LogP contribution in [-0.2, 0) is 17.6 Å². The summed E-state index contributed by atoms with van der Waals surface area (Å²) in [6.07, 6.45) is 7.34. The van der Waals surface area contributed by atoms with E-state index in [0.717, 1.165) is 35.1 Å². The summed E-state index contributed by atoms with van der Waals surface area (Å²) >= 11 is 1.72. The van der Waals surface area contributed by atoms with Gasteiger partial charge >= 0.3 is 0 Å². The van der Waals surface area contributed by atoms with Crippen molar-refractivity contribution in [2.24, 2.45) is 5.92 Å². The highest BCUT2D eigenvalue weighted by atomic mass is 32.2. The van der Waals surface area contributed by atoms with Crippen LogP contribution in [0.15, 0.2) is 89.8 Å². The van der Waals surface area contributed by atoms with Gasteiger partial charge in [-0.3, -0.25) is 0 Å². The lowest BCUT2D eigenvalue weighted by Crippen LogP contribution is -2.44. The molecule has 0 atom stereocenters. The Morgan fingerprint density at radius 2 is 1.66 bits per heavy atom. The van der Waals surface area contributed by atoms with Gasteiger partial charge in [-0.15, -0.1) is 11.8 Å². The van der Waals surface area contributed by atoms with Gasteiger partial charge < -0.3 is 4.74 Å². The molecule has 1 aromatic heterocycles. The largest absolute Gasteiger partial charge is 0.479 e. The molecular weight excluding hydrogens is 488 g/mol. The van der Waals surface area contributed by atoms with Crippen LogP contribution in [0.4, 0.5) is 0 Å². The number of hydrogen-bond donors (Lipinski definition) is 0. The molecule has 0 amide bonds. The normalized spacial score (nSPS) is 23.1. The van der Waals surface area contributed by atoms with Crippen LogP contribution in [0.2, 0.25) is 0 Å². The van der Waals surface area contributed by atoms with Gasteiger partial charge in [0, 0.05) is 17.0 Å². The smallest absolute Gasteiger partial charge is 0.181 e. The van der Waals surface area contributed by atoms with E-state index >= 15 is 0 Å². The molecule has 0 spiro atoms. The van der Waals surface area contributed by atoms with E-state index in [1.807, 2.05) is 48.5 Å². The SMILES string of the molecule is CSc1cccc(-c2nc(C3(Oc4ccccc4)CCC(C#N)(c4ccccc4)CC3)n(CC3CC3)n2)c1. The first kappa shape index (κ1) is 24.8. The van der Waals surface area contributed by atoms with Gasteiger partial charge in [0.2, 0.25) is 0 Å². The first-order valence-corrected chi connectivity index (χ1v) is 14.7. The van der Waals surface area contributed by atoms with Crippen LogP contribution in [0.1, 0.15) is 49.9 Å². The Hall–Kier alpha value is -3.56. The molecule has 6 heteroatoms. The third-order valence-corrected chi connectivity index (χ3v) is 8.77. The number of aromatic nitrogens is 3. The van der Waals surface area contributed by atoms with Crippen LogP contribution in [0.5, 0.6) is 5.75 Å². The zero-order chi connectivity index (χ0) is 26.0. The quantitative estimate of drug-likeness (QED) is 0.227. The summed E-state index contributed by atoms with van der Waals surface area (Å²) < 4.78 is 9.02. The molecule has 6 rings (SSSR count). The van der Waals surface area contributed by atoms with E-state index in [9.17, 15) is 5.26 Å². The minimum absolute atomic E-state index is 0.526. The van der Waals surface area contributed by atoms with Crippen molar-refractivity contribution in [1.29, 1.82) is 5.26 Å². The molecular formula is C32H32N4OS. The standard InChI is InChI=1S/C32H32N4OS/c1-38-28-14-8-9-25(21-28)29-34-30(36(35-29)22-24-15-16-24)32(37-27-12-6-3-7-13-27)19-17-31(23-33,18-20-32)26-10-4-2-5-11-26/h2-14,21,24H,15-20,22H2,1H3. The minimum Gasteiger partial charge on any atom is -0.479 e. The number of nitriles is 1. The summed E-state index contributed by atoms with van der Waals surface area (Å²) in [5.74, 6) is 3.09. The zero-order valence-corrected chi connectivity index (χ0v) is 22.5. The Morgan fingerprint density at radius 3 is 2.32 bits per heavy atom. The molecule has 2 saturated carbocycles. The van der Waals surface area contributed by atoms with Gasteiger partial charge in [-0.05, 0) is 80.5 Å². The monoisotopic (exact) mass is 520 g/mol. The predicted octanol–water partition coefficient (Wildman–Crippen LogP) is 7.39. The van der Waals surface area contributed by atoms with Crippen molar-refractivity contribution in [2.45, 2.75) is 61.0 Å². The lowest BCUT2D eigenvalue weighted by Gasteiger charge is -2.43. The third-order valence-electron chi connectivity index (χ3n) is 8.04. The molecule has 2 aliphatic carbocycles. The number of rotatable bonds is 8. The highest BCUT2D eigenvalue weighted by Gasteiger charge is 2.49. The highest BCUT2D eigenvalue weighted by molar-refractivity contribution is 7.98. The molecule has 4 aromatic rings. The molecule has 5 nitrogen and oxygen atoms in total. The van der Waals surface area contributed by atoms with Gasteiger partial charge in [-0.25, -0.2) is 9.67 Å². The van der Waals surface area contributed by atoms with Crippen LogP contribution in [0, 0.1) is 17.2 Å². The lowest BCUT2D eigenvalue weighted by molar-refractivity contribution is -0.000325. The fourth-order valence-corrected chi connectivity index (χ4v) is 6.08. The summed E-state index contributed by atoms with van der Waals surface area (Å²) in [4.78, 5) is 6.40. The maximum atomic E-state index is 10.4. The van der Waals surface area contributed by atoms with E-state index in [1.165, 1.54) is 17.7 Å². The zero-order valence-electron chi connectivity index (χ0n) is 21.7. The summed E-state index contributed by atoms with van der Waals surface area (Å²) in [6, 6.07) is 31.4. The van der Waals surface area contributed by atoms with Crippen LogP contribution in [0.25, 0.3) is 11.4 Å². The Kier molecular flexibility index (Phi) is 6.71. The molecule has 192 valence electrons. The first-order chi connectivity index (χ1) is 18.6. The van der Waals surface area contributed by atoms with Crippen molar-refractivity contribution in [3.05, 3.63) is 96.3 Å². The van der Waals surface area contributed by atoms with Gasteiger partial charge in [0.25, 0.3) is 0 Å². The topological polar surface area (TPSA) is 63.7 Å². The number of hydrogen-bond acceptors (Lipinski definition) is 5. The van der Waals surface area contributed by atoms with E-state index in [2.05, 4.69) is 53.4 Å². The van der Waals surface area contributed by atoms with Crippen molar-refractivity contribution < 1.29 is 4.74 Å². The molecule has 2 fully saturated rings. The minimum atomic E-state index is -0.659. The summed E-state index contributed by atoms with van der Waals surface area (Å²) in [6.45, 7) is 0.854. The van der Waals surface area contributed by atoms with E-state index in [1.54, 1.807) is 11.8 Å². The van der Waals surface area contributed by atoms with Gasteiger partial charge in [0.15, 0.2) is 17.2 Å². The molecule has 0 unspecified atom stereocenters. The van der Waals surface area contributed by atoms with E-state index < -0.39 is 11.0 Å². The third kappa shape index (κ3) is 4.83. The molecule has 0 aliphatic heterocycles. The van der Waals surface area contributed by atoms with Crippen molar-refractivity contribution in [1.82, 2.24) is 14.8 Å². The maximum Gasteiger partial charge on any atom is 0.181 e. The van der Waals surface area contributed by atoms with Crippen molar-refractivity contribution in [3.63, 3.8) is 0 Å². The van der Waals surface area contributed by atoms with E-state index in [0.29, 0.717) is 31.6 Å². The second kappa shape index (κ2) is 10.3. The number of benzene rings is 3. The molecule has 0 N–H and O–H groups in total. The molecule has 38 heavy (non-hydrogen) atoms. The van der Waals surface area contributed by atoms with E-state index in [4.69, 9.17) is 14.8 Å². The Balaban J connectivity index is 1.43. The molecule has 2 aliphatic rings. The molecule has 0 bridgehead atoms. The van der Waals surface area contributed by atoms with Gasteiger partial charge in [-0.2, -0.15) is 10.4 Å². The van der Waals surface area contributed by atoms with Crippen molar-refractivity contribution >= 4 is 11.8 Å². The highest BCUT2D eigenvalue weighted by Crippen LogP contribution is 2.49. The van der Waals surface area contributed by atoms with Crippen LogP contribution in [0.3, 0.4) is 0 Å². The fraction of sp³-hybridized carbons (Fsp3) is 0.344. The Morgan fingerprint density at radius 1 is 0.947 bits per heavy atom. The predicted molar refractivity (Wildman–Crippen MR) is 151 cm³/mol. The first-order valence-electron chi connectivity index (χ1n) is 13.4. The second-order valence-electron chi connectivity index (χ2n) is 10.6. The fourth-order valence-electron chi connectivity index (χ4n) is 5.62. The average Bonchev–Trinajstić information content (AvgIpc) is 3.70. The number of ether oxygens (including phenoxy) is 1. The molecule has 3 aromatic carbocycles. The number of thioether (sulfide) groups is 1. The Bertz CT molecular complexity index is 1430. The number of nitrogens with zero attached hydrogens (tertiary/aromatic N) is 4. The van der Waals surface area contributed by atoms with E-state index in [-0.39, 0.29) is 0 Å². The molecule has 0 radical (unpaired) electrons. The maximum absolute atomic E-state index is 10.4. The van der Waals surface area contributed by atoms with Gasteiger partial charge in [0.1, 0.15) is 5.75 Å². The molecule has 0 saturated heterocycles. The number of para-hydroxylation sites is 1. The summed E-state index contributed by atoms with van der Waals surface area (Å²) in [5, 5.41) is 15.4. The molecule has 1 heterocycles. The summed E-state index contributed by atoms with van der Waals surface area (Å²) in [7, 11) is 0. The van der Waals surface area contributed by atoms with Gasteiger partial charge in [0.05, 0.1) is 11.5 Å². The van der Waals surface area contributed by atoms with Crippen molar-refractivity contribution in [2.75, 3.05) is 6.26 Å². The van der Waals surface area contributed by atoms with Gasteiger partial charge in [-0.1, -0.05) is 60.7 Å². The average molecular weight is 521 g/mol. The lowest BCUT2D eigenvalue weighted by atomic mass is 9.65. The van der Waals surface area contributed by atoms with Crippen LogP contribution < -0.4 is 4.74 Å². The summed E-state index contributed by atoms with van der Waals surface area (Å²) in [5.41, 5.74) is 0.925. The van der Waals surface area contributed by atoms with Crippen LogP contribution in [-0.4, -0.2) is 21.0 Å².